The van der Waals surface area contributed by atoms with E-state index < -0.39 is 11.8 Å². The van der Waals surface area contributed by atoms with Gasteiger partial charge in [-0.2, -0.15) is 4.98 Å². The van der Waals surface area contributed by atoms with Gasteiger partial charge in [0, 0.05) is 32.0 Å². The lowest BCUT2D eigenvalue weighted by Crippen LogP contribution is -2.38. The number of methoxy groups -OCH3 is 1. The Morgan fingerprint density at radius 3 is 2.73 bits per heavy atom. The van der Waals surface area contributed by atoms with Crippen LogP contribution >= 0.6 is 0 Å². The molecule has 0 fully saturated rings. The molecule has 2 aromatic rings. The lowest BCUT2D eigenvalue weighted by atomic mass is 10.3. The van der Waals surface area contributed by atoms with Gasteiger partial charge in [0.1, 0.15) is 11.6 Å². The molecule has 0 aliphatic heterocycles. The van der Waals surface area contributed by atoms with E-state index in [2.05, 4.69) is 20.6 Å². The number of halogens is 1. The van der Waals surface area contributed by atoms with Crippen molar-refractivity contribution < 1.29 is 19.0 Å². The van der Waals surface area contributed by atoms with Crippen LogP contribution in [0.25, 0.3) is 0 Å². The Kier molecular flexibility index (Phi) is 7.24. The van der Waals surface area contributed by atoms with Crippen LogP contribution in [-0.2, 0) is 4.74 Å². The summed E-state index contributed by atoms with van der Waals surface area (Å²) < 4.78 is 18.3. The maximum atomic E-state index is 13.2. The summed E-state index contributed by atoms with van der Waals surface area (Å²) in [5.74, 6) is 0.214. The minimum atomic E-state index is -0.500. The van der Waals surface area contributed by atoms with Crippen molar-refractivity contribution in [3.8, 4) is 0 Å². The molecule has 0 saturated carbocycles. The van der Waals surface area contributed by atoms with E-state index >= 15 is 0 Å². The van der Waals surface area contributed by atoms with Gasteiger partial charge in [-0.25, -0.2) is 19.1 Å². The first-order valence-electron chi connectivity index (χ1n) is 8.08. The Bertz CT molecular complexity index is 714. The highest BCUT2D eigenvalue weighted by Gasteiger charge is 2.20. The number of aliphatic hydroxyl groups excluding tert-OH is 1. The number of amides is 2. The Morgan fingerprint density at radius 1 is 1.35 bits per heavy atom. The minimum absolute atomic E-state index is 0.0299. The molecule has 3 N–H and O–H groups in total. The normalized spacial score (nSPS) is 11.7. The SMILES string of the molecule is COC[C@H](C)Nc1nccc(N(C(=O)NCCO)c2ccc(F)cc2)n1. The van der Waals surface area contributed by atoms with E-state index in [1.54, 1.807) is 13.2 Å². The molecule has 1 atom stereocenters. The highest BCUT2D eigenvalue weighted by Crippen LogP contribution is 2.24. The van der Waals surface area contributed by atoms with Crippen LogP contribution in [-0.4, -0.2) is 54.0 Å². The average molecular weight is 363 g/mol. The lowest BCUT2D eigenvalue weighted by molar-refractivity contribution is 0.190. The fraction of sp³-hybridized carbons (Fsp3) is 0.353. The van der Waals surface area contributed by atoms with E-state index in [1.165, 1.54) is 35.4 Å². The number of aliphatic hydroxyl groups is 1. The van der Waals surface area contributed by atoms with Gasteiger partial charge in [0.15, 0.2) is 0 Å². The number of aromatic nitrogens is 2. The molecular weight excluding hydrogens is 341 g/mol. The monoisotopic (exact) mass is 363 g/mol. The number of nitrogens with zero attached hydrogens (tertiary/aromatic N) is 3. The predicted octanol–water partition coefficient (Wildman–Crippen LogP) is 1.90. The van der Waals surface area contributed by atoms with Crippen LogP contribution in [0.5, 0.6) is 0 Å². The van der Waals surface area contributed by atoms with E-state index in [0.717, 1.165) is 0 Å². The summed E-state index contributed by atoms with van der Waals surface area (Å²) in [6, 6.07) is 6.48. The highest BCUT2D eigenvalue weighted by atomic mass is 19.1. The number of hydrogen-bond donors (Lipinski definition) is 3. The molecule has 26 heavy (non-hydrogen) atoms. The molecular formula is C17H22FN5O3. The van der Waals surface area contributed by atoms with Crippen LogP contribution in [0.4, 0.5) is 26.6 Å². The summed E-state index contributed by atoms with van der Waals surface area (Å²) in [6.45, 7) is 2.25. The van der Waals surface area contributed by atoms with Gasteiger partial charge in [0.25, 0.3) is 0 Å². The Labute approximate surface area is 151 Å². The van der Waals surface area contributed by atoms with Crippen LogP contribution in [0.15, 0.2) is 36.5 Å². The highest BCUT2D eigenvalue weighted by molar-refractivity contribution is 5.98. The molecule has 140 valence electrons. The molecule has 0 spiro atoms. The number of urea groups is 1. The number of carbonyl (C=O) groups excluding carboxylic acids is 1. The molecule has 2 rings (SSSR count). The minimum Gasteiger partial charge on any atom is -0.395 e. The standard InChI is InChI=1S/C17H22FN5O3/c1-12(11-26-2)21-16-19-8-7-15(22-16)23(17(25)20-9-10-24)14-5-3-13(18)4-6-14/h3-8,12,24H,9-11H2,1-2H3,(H,20,25)(H,19,21,22)/t12-/m0/s1. The van der Waals surface area contributed by atoms with E-state index in [9.17, 15) is 9.18 Å². The second-order valence-electron chi connectivity index (χ2n) is 5.51. The number of hydrogen-bond acceptors (Lipinski definition) is 6. The van der Waals surface area contributed by atoms with Crippen molar-refractivity contribution in [2.75, 3.05) is 37.1 Å². The lowest BCUT2D eigenvalue weighted by Gasteiger charge is -2.23. The molecule has 2 amide bonds. The molecule has 0 aliphatic rings. The van der Waals surface area contributed by atoms with Crippen molar-refractivity contribution >= 4 is 23.5 Å². The number of ether oxygens (including phenoxy) is 1. The van der Waals surface area contributed by atoms with Crippen LogP contribution in [0.1, 0.15) is 6.92 Å². The first kappa shape index (κ1) is 19.5. The molecule has 0 aliphatic carbocycles. The van der Waals surface area contributed by atoms with Crippen molar-refractivity contribution in [3.05, 3.63) is 42.3 Å². The molecule has 1 aromatic carbocycles. The van der Waals surface area contributed by atoms with Gasteiger partial charge in [-0.3, -0.25) is 0 Å². The maximum Gasteiger partial charge on any atom is 0.327 e. The van der Waals surface area contributed by atoms with Crippen molar-refractivity contribution in [2.24, 2.45) is 0 Å². The smallest absolute Gasteiger partial charge is 0.327 e. The number of rotatable bonds is 8. The quantitative estimate of drug-likeness (QED) is 0.662. The summed E-state index contributed by atoms with van der Waals surface area (Å²) in [6.07, 6.45) is 1.51. The third-order valence-corrected chi connectivity index (χ3v) is 3.34. The van der Waals surface area contributed by atoms with Gasteiger partial charge >= 0.3 is 6.03 Å². The van der Waals surface area contributed by atoms with E-state index in [0.29, 0.717) is 24.1 Å². The fourth-order valence-electron chi connectivity index (χ4n) is 2.24. The third kappa shape index (κ3) is 5.36. The van der Waals surface area contributed by atoms with E-state index in [1.807, 2.05) is 6.92 Å². The third-order valence-electron chi connectivity index (χ3n) is 3.34. The van der Waals surface area contributed by atoms with Crippen LogP contribution < -0.4 is 15.5 Å². The second-order valence-corrected chi connectivity index (χ2v) is 5.51. The molecule has 1 aromatic heterocycles. The predicted molar refractivity (Wildman–Crippen MR) is 96.0 cm³/mol. The van der Waals surface area contributed by atoms with Crippen molar-refractivity contribution in [1.82, 2.24) is 15.3 Å². The molecule has 0 saturated heterocycles. The fourth-order valence-corrected chi connectivity index (χ4v) is 2.24. The van der Waals surface area contributed by atoms with Crippen molar-refractivity contribution in [2.45, 2.75) is 13.0 Å². The van der Waals surface area contributed by atoms with Gasteiger partial charge in [-0.05, 0) is 31.2 Å². The number of benzene rings is 1. The molecule has 0 unspecified atom stereocenters. The van der Waals surface area contributed by atoms with E-state index in [-0.39, 0.29) is 19.2 Å². The number of carbonyl (C=O) groups is 1. The average Bonchev–Trinajstić information content (AvgIpc) is 2.62. The molecule has 0 radical (unpaired) electrons. The molecule has 1 heterocycles. The van der Waals surface area contributed by atoms with E-state index in [4.69, 9.17) is 9.84 Å². The van der Waals surface area contributed by atoms with Gasteiger partial charge in [0.05, 0.1) is 18.9 Å². The van der Waals surface area contributed by atoms with Gasteiger partial charge < -0.3 is 20.5 Å². The zero-order chi connectivity index (χ0) is 18.9. The zero-order valence-electron chi connectivity index (χ0n) is 14.6. The first-order valence-corrected chi connectivity index (χ1v) is 8.08. The Hall–Kier alpha value is -2.78. The summed E-state index contributed by atoms with van der Waals surface area (Å²) in [5, 5.41) is 14.6. The van der Waals surface area contributed by atoms with Crippen molar-refractivity contribution in [3.63, 3.8) is 0 Å². The Balaban J connectivity index is 2.32. The second kappa shape index (κ2) is 9.64. The van der Waals surface area contributed by atoms with Crippen molar-refractivity contribution in [1.29, 1.82) is 0 Å². The van der Waals surface area contributed by atoms with Gasteiger partial charge in [-0.15, -0.1) is 0 Å². The largest absolute Gasteiger partial charge is 0.395 e. The van der Waals surface area contributed by atoms with Crippen LogP contribution in [0.3, 0.4) is 0 Å². The summed E-state index contributed by atoms with van der Waals surface area (Å²) in [5.41, 5.74) is 0.427. The molecule has 0 bridgehead atoms. The maximum absolute atomic E-state index is 13.2. The number of anilines is 3. The summed E-state index contributed by atoms with van der Waals surface area (Å²) in [7, 11) is 1.59. The first-order chi connectivity index (χ1) is 12.5. The Morgan fingerprint density at radius 2 is 2.08 bits per heavy atom. The summed E-state index contributed by atoms with van der Waals surface area (Å²) >= 11 is 0. The molecule has 9 heteroatoms. The number of nitrogens with one attached hydrogen (secondary N) is 2. The topological polar surface area (TPSA) is 99.6 Å². The summed E-state index contributed by atoms with van der Waals surface area (Å²) in [4.78, 5) is 22.3. The van der Waals surface area contributed by atoms with Gasteiger partial charge in [0.2, 0.25) is 5.95 Å². The van der Waals surface area contributed by atoms with Crippen LogP contribution in [0.2, 0.25) is 0 Å². The zero-order valence-corrected chi connectivity index (χ0v) is 14.6. The molecule has 8 nitrogen and oxygen atoms in total. The van der Waals surface area contributed by atoms with Crippen LogP contribution in [0, 0.1) is 5.82 Å². The van der Waals surface area contributed by atoms with Gasteiger partial charge in [-0.1, -0.05) is 0 Å².